The first-order valence-electron chi connectivity index (χ1n) is 7.87. The summed E-state index contributed by atoms with van der Waals surface area (Å²) >= 11 is 0. The molecule has 3 rings (SSSR count). The van der Waals surface area contributed by atoms with Gasteiger partial charge in [0.25, 0.3) is 5.91 Å². The molecule has 0 bridgehead atoms. The first-order chi connectivity index (χ1) is 11.3. The summed E-state index contributed by atoms with van der Waals surface area (Å²) < 4.78 is 0. The van der Waals surface area contributed by atoms with Crippen molar-refractivity contribution in [2.24, 2.45) is 5.73 Å². The molecule has 7 nitrogen and oxygen atoms in total. The van der Waals surface area contributed by atoms with Gasteiger partial charge in [0.1, 0.15) is 11.4 Å². The molecule has 0 spiro atoms. The minimum absolute atomic E-state index is 0.161. The zero-order chi connectivity index (χ0) is 17.3. The molecule has 0 saturated carbocycles. The molecule has 0 unspecified atom stereocenters. The van der Waals surface area contributed by atoms with Gasteiger partial charge in [-0.25, -0.2) is 4.98 Å². The van der Waals surface area contributed by atoms with Crippen LogP contribution in [0.15, 0.2) is 24.3 Å². The van der Waals surface area contributed by atoms with Gasteiger partial charge in [-0.15, -0.1) is 0 Å². The number of rotatable bonds is 5. The highest BCUT2D eigenvalue weighted by Gasteiger charge is 2.27. The average Bonchev–Trinajstić information content (AvgIpc) is 2.86. The van der Waals surface area contributed by atoms with Crippen LogP contribution in [0, 0.1) is 6.92 Å². The van der Waals surface area contributed by atoms with Crippen molar-refractivity contribution in [3.63, 3.8) is 0 Å². The van der Waals surface area contributed by atoms with Gasteiger partial charge in [0.15, 0.2) is 0 Å². The van der Waals surface area contributed by atoms with E-state index >= 15 is 0 Å². The van der Waals surface area contributed by atoms with Crippen molar-refractivity contribution in [1.29, 1.82) is 0 Å². The quantitative estimate of drug-likeness (QED) is 0.669. The summed E-state index contributed by atoms with van der Waals surface area (Å²) in [4.78, 5) is 21.0. The van der Waals surface area contributed by atoms with Crippen molar-refractivity contribution in [1.82, 2.24) is 15.3 Å². The Morgan fingerprint density at radius 3 is 2.83 bits per heavy atom. The van der Waals surface area contributed by atoms with Gasteiger partial charge in [0.05, 0.1) is 12.2 Å². The second-order valence-corrected chi connectivity index (χ2v) is 6.74. The lowest BCUT2D eigenvalue weighted by Crippen LogP contribution is -2.40. The SMILES string of the molecule is Cc1cccc(Nc2nc(NCC(C)(C)N)nc3c2C(=O)NC3)c1. The number of anilines is 3. The highest BCUT2D eigenvalue weighted by Crippen LogP contribution is 2.26. The van der Waals surface area contributed by atoms with Crippen molar-refractivity contribution in [2.75, 3.05) is 17.2 Å². The Balaban J connectivity index is 1.94. The Hall–Kier alpha value is -2.67. The molecule has 24 heavy (non-hydrogen) atoms. The number of nitrogens with two attached hydrogens (primary N) is 1. The number of hydrogen-bond donors (Lipinski definition) is 4. The number of nitrogens with one attached hydrogen (secondary N) is 3. The monoisotopic (exact) mass is 326 g/mol. The number of hydrogen-bond acceptors (Lipinski definition) is 6. The lowest BCUT2D eigenvalue weighted by molar-refractivity contribution is 0.0966. The number of aromatic nitrogens is 2. The largest absolute Gasteiger partial charge is 0.352 e. The number of benzene rings is 1. The van der Waals surface area contributed by atoms with Crippen LogP contribution in [-0.2, 0) is 6.54 Å². The maximum Gasteiger partial charge on any atom is 0.257 e. The molecule has 1 aliphatic rings. The smallest absolute Gasteiger partial charge is 0.257 e. The fourth-order valence-corrected chi connectivity index (χ4v) is 2.46. The summed E-state index contributed by atoms with van der Waals surface area (Å²) in [5, 5.41) is 9.16. The molecule has 5 N–H and O–H groups in total. The van der Waals surface area contributed by atoms with E-state index in [2.05, 4.69) is 25.9 Å². The van der Waals surface area contributed by atoms with Crippen LogP contribution >= 0.6 is 0 Å². The van der Waals surface area contributed by atoms with E-state index in [4.69, 9.17) is 5.73 Å². The highest BCUT2D eigenvalue weighted by atomic mass is 16.2. The molecule has 0 fully saturated rings. The van der Waals surface area contributed by atoms with Crippen molar-refractivity contribution < 1.29 is 4.79 Å². The number of carbonyl (C=O) groups excluding carboxylic acids is 1. The molecular formula is C17H22N6O. The normalized spacial score (nSPS) is 13.4. The number of fused-ring (bicyclic) bond motifs is 1. The van der Waals surface area contributed by atoms with Gasteiger partial charge >= 0.3 is 0 Å². The summed E-state index contributed by atoms with van der Waals surface area (Å²) in [6.45, 7) is 6.78. The number of carbonyl (C=O) groups is 1. The van der Waals surface area contributed by atoms with Gasteiger partial charge in [0.2, 0.25) is 5.95 Å². The molecule has 0 saturated heterocycles. The molecule has 1 aromatic heterocycles. The van der Waals surface area contributed by atoms with Crippen molar-refractivity contribution >= 4 is 23.4 Å². The molecule has 1 aliphatic heterocycles. The summed E-state index contributed by atoms with van der Waals surface area (Å²) in [6.07, 6.45) is 0. The van der Waals surface area contributed by atoms with Gasteiger partial charge in [-0.3, -0.25) is 4.79 Å². The predicted molar refractivity (Wildman–Crippen MR) is 94.4 cm³/mol. The second-order valence-electron chi connectivity index (χ2n) is 6.74. The third kappa shape index (κ3) is 3.62. The van der Waals surface area contributed by atoms with Crippen molar-refractivity contribution in [3.05, 3.63) is 41.1 Å². The van der Waals surface area contributed by atoms with Crippen LogP contribution in [-0.4, -0.2) is 28.0 Å². The van der Waals surface area contributed by atoms with Crippen molar-refractivity contribution in [2.45, 2.75) is 32.9 Å². The second kappa shape index (κ2) is 6.09. The van der Waals surface area contributed by atoms with Crippen LogP contribution in [0.25, 0.3) is 0 Å². The fraction of sp³-hybridized carbons (Fsp3) is 0.353. The Morgan fingerprint density at radius 1 is 1.33 bits per heavy atom. The van der Waals surface area contributed by atoms with Crippen LogP contribution in [0.4, 0.5) is 17.5 Å². The Labute approximate surface area is 141 Å². The third-order valence-corrected chi connectivity index (χ3v) is 3.61. The fourth-order valence-electron chi connectivity index (χ4n) is 2.46. The maximum atomic E-state index is 12.1. The molecule has 1 aromatic carbocycles. The lowest BCUT2D eigenvalue weighted by atomic mass is 10.1. The topological polar surface area (TPSA) is 105 Å². The summed E-state index contributed by atoms with van der Waals surface area (Å²) in [6, 6.07) is 7.90. The third-order valence-electron chi connectivity index (χ3n) is 3.61. The van der Waals surface area contributed by atoms with E-state index < -0.39 is 0 Å². The van der Waals surface area contributed by atoms with Crippen LogP contribution in [0.1, 0.15) is 35.5 Å². The molecular weight excluding hydrogens is 304 g/mol. The van der Waals surface area contributed by atoms with E-state index in [9.17, 15) is 4.79 Å². The van der Waals surface area contributed by atoms with Crippen molar-refractivity contribution in [3.8, 4) is 0 Å². The standard InChI is InChI=1S/C17H22N6O/c1-10-5-4-6-11(7-10)21-14-13-12(8-19-15(13)24)22-16(23-14)20-9-17(2,3)18/h4-7H,8-9,18H2,1-3H3,(H,19,24)(H2,20,21,22,23). The van der Waals surface area contributed by atoms with E-state index in [1.54, 1.807) is 0 Å². The van der Waals surface area contributed by atoms with Gasteiger partial charge in [-0.1, -0.05) is 12.1 Å². The molecule has 2 heterocycles. The van der Waals surface area contributed by atoms with Gasteiger partial charge < -0.3 is 21.7 Å². The van der Waals surface area contributed by atoms with E-state index in [1.807, 2.05) is 45.0 Å². The summed E-state index contributed by atoms with van der Waals surface area (Å²) in [5.41, 5.74) is 8.78. The first-order valence-corrected chi connectivity index (χ1v) is 7.87. The minimum Gasteiger partial charge on any atom is -0.352 e. The van der Waals surface area contributed by atoms with Crippen LogP contribution < -0.4 is 21.7 Å². The lowest BCUT2D eigenvalue weighted by Gasteiger charge is -2.19. The minimum atomic E-state index is -0.388. The van der Waals surface area contributed by atoms with E-state index in [0.29, 0.717) is 36.1 Å². The predicted octanol–water partition coefficient (Wildman–Crippen LogP) is 1.92. The van der Waals surface area contributed by atoms with Gasteiger partial charge in [0, 0.05) is 17.8 Å². The van der Waals surface area contributed by atoms with Gasteiger partial charge in [-0.05, 0) is 38.5 Å². The molecule has 0 radical (unpaired) electrons. The van der Waals surface area contributed by atoms with Gasteiger partial charge in [-0.2, -0.15) is 4.98 Å². The molecule has 0 aliphatic carbocycles. The van der Waals surface area contributed by atoms with Crippen LogP contribution in [0.3, 0.4) is 0 Å². The highest BCUT2D eigenvalue weighted by molar-refractivity contribution is 6.02. The zero-order valence-electron chi connectivity index (χ0n) is 14.1. The number of amides is 1. The Kier molecular flexibility index (Phi) is 4.11. The molecule has 126 valence electrons. The zero-order valence-corrected chi connectivity index (χ0v) is 14.1. The molecule has 1 amide bonds. The first kappa shape index (κ1) is 16.2. The average molecular weight is 326 g/mol. The Morgan fingerprint density at radius 2 is 2.12 bits per heavy atom. The number of aryl methyl sites for hydroxylation is 1. The summed E-state index contributed by atoms with van der Waals surface area (Å²) in [7, 11) is 0. The summed E-state index contributed by atoms with van der Waals surface area (Å²) in [5.74, 6) is 0.794. The van der Waals surface area contributed by atoms with E-state index in [1.165, 1.54) is 0 Å². The molecule has 2 aromatic rings. The van der Waals surface area contributed by atoms with E-state index in [-0.39, 0.29) is 11.4 Å². The Bertz CT molecular complexity index is 781. The number of nitrogens with zero attached hydrogens (tertiary/aromatic N) is 2. The maximum absolute atomic E-state index is 12.1. The molecule has 0 atom stereocenters. The van der Waals surface area contributed by atoms with Crippen LogP contribution in [0.2, 0.25) is 0 Å². The van der Waals surface area contributed by atoms with E-state index in [0.717, 1.165) is 11.3 Å². The molecule has 7 heteroatoms. The van der Waals surface area contributed by atoms with Crippen LogP contribution in [0.5, 0.6) is 0 Å².